The fraction of sp³-hybridized carbons (Fsp3) is 0.273. The second-order valence-corrected chi connectivity index (χ2v) is 7.53. The van der Waals surface area contributed by atoms with E-state index in [1.54, 1.807) is 35.2 Å². The normalized spacial score (nSPS) is 16.7. The monoisotopic (exact) mass is 444 g/mol. The molecule has 0 radical (unpaired) electrons. The van der Waals surface area contributed by atoms with Crippen molar-refractivity contribution in [1.82, 2.24) is 14.9 Å². The van der Waals surface area contributed by atoms with E-state index in [1.165, 1.54) is 0 Å². The Morgan fingerprint density at radius 2 is 1.94 bits per heavy atom. The zero-order valence-electron chi connectivity index (χ0n) is 16.8. The lowest BCUT2D eigenvalue weighted by Gasteiger charge is -2.31. The van der Waals surface area contributed by atoms with E-state index in [0.29, 0.717) is 42.2 Å². The van der Waals surface area contributed by atoms with Crippen molar-refractivity contribution in [2.45, 2.75) is 19.0 Å². The number of ether oxygens (including phenoxy) is 1. The van der Waals surface area contributed by atoms with Crippen LogP contribution in [0.3, 0.4) is 0 Å². The molecular formula is C22H19F3N4O3. The smallest absolute Gasteiger partial charge is 0.417 e. The highest BCUT2D eigenvalue weighted by atomic mass is 19.4. The molecule has 2 amide bonds. The van der Waals surface area contributed by atoms with Gasteiger partial charge in [0, 0.05) is 30.7 Å². The van der Waals surface area contributed by atoms with Gasteiger partial charge in [-0.1, -0.05) is 6.07 Å². The molecule has 0 bridgehead atoms. The molecule has 1 saturated heterocycles. The standard InChI is InChI=1S/C22H19F3N4O3/c23-22(24,25)15-4-8-19(27-11-15)32-16-5-7-17-13(10-16)3-6-18(28-17)21(31)29-9-1-2-14(12-29)20(26)30/h3-8,10-11,14H,1-2,9,12H2,(H2,26,30)/t14-/m0/s1. The van der Waals surface area contributed by atoms with Crippen LogP contribution in [-0.4, -0.2) is 39.8 Å². The Bertz CT molecular complexity index is 1170. The van der Waals surface area contributed by atoms with E-state index < -0.39 is 17.6 Å². The fourth-order valence-corrected chi connectivity index (χ4v) is 3.57. The fourth-order valence-electron chi connectivity index (χ4n) is 3.57. The van der Waals surface area contributed by atoms with Crippen molar-refractivity contribution in [1.29, 1.82) is 0 Å². The molecule has 3 aromatic rings. The van der Waals surface area contributed by atoms with Crippen molar-refractivity contribution in [2.75, 3.05) is 13.1 Å². The predicted octanol–water partition coefficient (Wildman–Crippen LogP) is 3.78. The topological polar surface area (TPSA) is 98.4 Å². The van der Waals surface area contributed by atoms with Gasteiger partial charge in [-0.2, -0.15) is 13.2 Å². The van der Waals surface area contributed by atoms with Gasteiger partial charge in [-0.05, 0) is 43.2 Å². The van der Waals surface area contributed by atoms with E-state index in [2.05, 4.69) is 9.97 Å². The van der Waals surface area contributed by atoms with Crippen LogP contribution >= 0.6 is 0 Å². The molecule has 166 valence electrons. The molecule has 2 N–H and O–H groups in total. The van der Waals surface area contributed by atoms with E-state index >= 15 is 0 Å². The number of primary amides is 1. The lowest BCUT2D eigenvalue weighted by molar-refractivity contribution is -0.137. The maximum atomic E-state index is 12.8. The third kappa shape index (κ3) is 4.63. The van der Waals surface area contributed by atoms with Crippen molar-refractivity contribution < 1.29 is 27.5 Å². The molecule has 0 spiro atoms. The van der Waals surface area contributed by atoms with Gasteiger partial charge in [0.1, 0.15) is 11.4 Å². The Morgan fingerprint density at radius 1 is 1.12 bits per heavy atom. The molecule has 32 heavy (non-hydrogen) atoms. The quantitative estimate of drug-likeness (QED) is 0.661. The number of alkyl halides is 3. The van der Waals surface area contributed by atoms with Crippen LogP contribution in [0.15, 0.2) is 48.7 Å². The summed E-state index contributed by atoms with van der Waals surface area (Å²) < 4.78 is 43.5. The number of amides is 2. The number of carbonyl (C=O) groups excluding carboxylic acids is 2. The number of halogens is 3. The highest BCUT2D eigenvalue weighted by Gasteiger charge is 2.31. The molecule has 0 aliphatic carbocycles. The van der Waals surface area contributed by atoms with Crippen molar-refractivity contribution in [3.63, 3.8) is 0 Å². The second kappa shape index (κ2) is 8.45. The van der Waals surface area contributed by atoms with Crippen LogP contribution in [-0.2, 0) is 11.0 Å². The molecule has 4 rings (SSSR count). The molecular weight excluding hydrogens is 425 g/mol. The summed E-state index contributed by atoms with van der Waals surface area (Å²) in [5.41, 5.74) is 5.32. The van der Waals surface area contributed by atoms with Gasteiger partial charge >= 0.3 is 6.18 Å². The molecule has 2 aromatic heterocycles. The van der Waals surface area contributed by atoms with Gasteiger partial charge in [0.2, 0.25) is 11.8 Å². The summed E-state index contributed by atoms with van der Waals surface area (Å²) in [7, 11) is 0. The molecule has 10 heteroatoms. The number of carbonyl (C=O) groups is 2. The Labute approximate surface area is 181 Å². The maximum Gasteiger partial charge on any atom is 0.417 e. The van der Waals surface area contributed by atoms with Crippen LogP contribution < -0.4 is 10.5 Å². The molecule has 0 saturated carbocycles. The zero-order valence-corrected chi connectivity index (χ0v) is 16.8. The summed E-state index contributed by atoms with van der Waals surface area (Å²) >= 11 is 0. The number of nitrogens with zero attached hydrogens (tertiary/aromatic N) is 3. The van der Waals surface area contributed by atoms with Crippen molar-refractivity contribution in [3.8, 4) is 11.6 Å². The van der Waals surface area contributed by atoms with Crippen molar-refractivity contribution in [2.24, 2.45) is 11.7 Å². The Hall–Kier alpha value is -3.69. The lowest BCUT2D eigenvalue weighted by Crippen LogP contribution is -2.44. The minimum atomic E-state index is -4.47. The number of nitrogens with two attached hydrogens (primary N) is 1. The number of aromatic nitrogens is 2. The van der Waals surface area contributed by atoms with Gasteiger partial charge in [-0.25, -0.2) is 9.97 Å². The third-order valence-corrected chi connectivity index (χ3v) is 5.28. The number of piperidine rings is 1. The van der Waals surface area contributed by atoms with E-state index in [-0.39, 0.29) is 29.9 Å². The van der Waals surface area contributed by atoms with Crippen LogP contribution in [0.25, 0.3) is 10.9 Å². The largest absolute Gasteiger partial charge is 0.439 e. The minimum absolute atomic E-state index is 0.0196. The van der Waals surface area contributed by atoms with Gasteiger partial charge in [-0.15, -0.1) is 0 Å². The summed E-state index contributed by atoms with van der Waals surface area (Å²) in [5, 5.41) is 0.680. The van der Waals surface area contributed by atoms with Crippen LogP contribution in [0.5, 0.6) is 11.6 Å². The van der Waals surface area contributed by atoms with Gasteiger partial charge in [0.15, 0.2) is 0 Å². The van der Waals surface area contributed by atoms with Crippen LogP contribution in [0.4, 0.5) is 13.2 Å². The summed E-state index contributed by atoms with van der Waals surface area (Å²) in [6, 6.07) is 10.2. The Balaban J connectivity index is 1.50. The molecule has 1 aromatic carbocycles. The first-order valence-electron chi connectivity index (χ1n) is 9.91. The number of pyridine rings is 2. The molecule has 0 unspecified atom stereocenters. The number of likely N-dealkylation sites (tertiary alicyclic amines) is 1. The maximum absolute atomic E-state index is 12.8. The minimum Gasteiger partial charge on any atom is -0.439 e. The summed E-state index contributed by atoms with van der Waals surface area (Å²) in [5.74, 6) is -0.653. The molecule has 1 aliphatic rings. The molecule has 1 aliphatic heterocycles. The SMILES string of the molecule is NC(=O)[C@H]1CCCN(C(=O)c2ccc3cc(Oc4ccc(C(F)(F)F)cn4)ccc3n2)C1. The number of benzene rings is 1. The van der Waals surface area contributed by atoms with Crippen molar-refractivity contribution >= 4 is 22.7 Å². The summed E-state index contributed by atoms with van der Waals surface area (Å²) in [6.07, 6.45) is -2.39. The second-order valence-electron chi connectivity index (χ2n) is 7.53. The van der Waals surface area contributed by atoms with Gasteiger partial charge in [-0.3, -0.25) is 9.59 Å². The number of rotatable bonds is 4. The van der Waals surface area contributed by atoms with E-state index in [1.807, 2.05) is 0 Å². The molecule has 1 fully saturated rings. The van der Waals surface area contributed by atoms with Crippen LogP contribution in [0.2, 0.25) is 0 Å². The Kier molecular flexibility index (Phi) is 5.68. The zero-order chi connectivity index (χ0) is 22.9. The first-order chi connectivity index (χ1) is 15.2. The van der Waals surface area contributed by atoms with Gasteiger partial charge in [0.05, 0.1) is 17.0 Å². The molecule has 7 nitrogen and oxygen atoms in total. The average Bonchev–Trinajstić information content (AvgIpc) is 2.78. The molecule has 3 heterocycles. The van der Waals surface area contributed by atoms with E-state index in [9.17, 15) is 22.8 Å². The third-order valence-electron chi connectivity index (χ3n) is 5.28. The number of hydrogen-bond donors (Lipinski definition) is 1. The predicted molar refractivity (Wildman–Crippen MR) is 109 cm³/mol. The summed E-state index contributed by atoms with van der Waals surface area (Å²) in [4.78, 5) is 34.0. The van der Waals surface area contributed by atoms with E-state index in [0.717, 1.165) is 12.1 Å². The average molecular weight is 444 g/mol. The summed E-state index contributed by atoms with van der Waals surface area (Å²) in [6.45, 7) is 0.816. The van der Waals surface area contributed by atoms with Gasteiger partial charge < -0.3 is 15.4 Å². The number of hydrogen-bond acceptors (Lipinski definition) is 5. The van der Waals surface area contributed by atoms with Gasteiger partial charge in [0.25, 0.3) is 5.91 Å². The van der Waals surface area contributed by atoms with E-state index in [4.69, 9.17) is 10.5 Å². The highest BCUT2D eigenvalue weighted by molar-refractivity contribution is 5.95. The first-order valence-corrected chi connectivity index (χ1v) is 9.91. The van der Waals surface area contributed by atoms with Crippen LogP contribution in [0.1, 0.15) is 28.9 Å². The van der Waals surface area contributed by atoms with Crippen LogP contribution in [0, 0.1) is 5.92 Å². The Morgan fingerprint density at radius 3 is 2.62 bits per heavy atom. The molecule has 1 atom stereocenters. The lowest BCUT2D eigenvalue weighted by atomic mass is 9.97. The number of fused-ring (bicyclic) bond motifs is 1. The first kappa shape index (κ1) is 21.5. The van der Waals surface area contributed by atoms with Crippen molar-refractivity contribution in [3.05, 3.63) is 59.9 Å². The highest BCUT2D eigenvalue weighted by Crippen LogP contribution is 2.30.